The van der Waals surface area contributed by atoms with Crippen molar-refractivity contribution in [3.63, 3.8) is 0 Å². The van der Waals surface area contributed by atoms with Crippen LogP contribution in [0.4, 0.5) is 0 Å². The molecule has 1 aliphatic heterocycles. The van der Waals surface area contributed by atoms with Crippen molar-refractivity contribution in [2.45, 2.75) is 50.8 Å². The highest BCUT2D eigenvalue weighted by molar-refractivity contribution is 5.83. The van der Waals surface area contributed by atoms with Gasteiger partial charge in [0.15, 0.2) is 0 Å². The minimum absolute atomic E-state index is 0.0896. The number of fused-ring (bicyclic) bond motifs is 1. The maximum Gasteiger partial charge on any atom is 0.119 e. The maximum atomic E-state index is 9.45. The Kier molecular flexibility index (Phi) is 12.0. The van der Waals surface area contributed by atoms with Crippen molar-refractivity contribution in [3.8, 4) is 5.75 Å². The Hall–Kier alpha value is -3.30. The molecule has 1 fully saturated rings. The van der Waals surface area contributed by atoms with Crippen molar-refractivity contribution >= 4 is 10.8 Å². The second-order valence-corrected chi connectivity index (χ2v) is 11.1. The van der Waals surface area contributed by atoms with Crippen LogP contribution in [-0.2, 0) is 34.0 Å². The highest BCUT2D eigenvalue weighted by atomic mass is 16.5. The summed E-state index contributed by atoms with van der Waals surface area (Å²) in [6.45, 7) is 4.50. The molecule has 1 aliphatic rings. The van der Waals surface area contributed by atoms with Crippen molar-refractivity contribution in [1.29, 1.82) is 0 Å². The second-order valence-electron chi connectivity index (χ2n) is 11.1. The van der Waals surface area contributed by atoms with Crippen LogP contribution in [0.3, 0.4) is 0 Å². The number of nitrogens with one attached hydrogen (secondary N) is 1. The van der Waals surface area contributed by atoms with E-state index in [0.717, 1.165) is 53.6 Å². The molecule has 3 atom stereocenters. The molecule has 1 unspecified atom stereocenters. The van der Waals surface area contributed by atoms with Crippen LogP contribution in [0.1, 0.15) is 41.0 Å². The molecular formula is C36H43NO6. The zero-order valence-electron chi connectivity index (χ0n) is 24.7. The SMILES string of the molecule is OCC(O)COCc1ccc2cc(CO[C@H]3CNCC[C@@H]3c3ccc(OCCCOCc4ccccc4)cc3)ccc2c1. The molecule has 228 valence electrons. The van der Waals surface area contributed by atoms with E-state index in [4.69, 9.17) is 24.1 Å². The first kappa shape index (κ1) is 31.1. The fourth-order valence-electron chi connectivity index (χ4n) is 5.41. The van der Waals surface area contributed by atoms with Crippen LogP contribution < -0.4 is 10.1 Å². The van der Waals surface area contributed by atoms with E-state index in [9.17, 15) is 5.11 Å². The van der Waals surface area contributed by atoms with Gasteiger partial charge in [0.1, 0.15) is 11.9 Å². The first-order valence-corrected chi connectivity index (χ1v) is 15.2. The lowest BCUT2D eigenvalue weighted by molar-refractivity contribution is 0.0000498. The van der Waals surface area contributed by atoms with Gasteiger partial charge in [-0.1, -0.05) is 66.7 Å². The fourth-order valence-corrected chi connectivity index (χ4v) is 5.41. The molecule has 3 N–H and O–H groups in total. The fraction of sp³-hybridized carbons (Fsp3) is 0.389. The van der Waals surface area contributed by atoms with Gasteiger partial charge in [-0.25, -0.2) is 0 Å². The second kappa shape index (κ2) is 16.5. The molecule has 0 bridgehead atoms. The standard InChI is InChI=1S/C36H43NO6/c38-22-33(39)26-41-24-28-7-9-32-20-29(8-10-31(32)19-28)25-43-36-21-37-16-15-35(36)30-11-13-34(14-12-30)42-18-4-17-40-23-27-5-2-1-3-6-27/h1-3,5-14,19-20,33,35-39H,4,15-18,21-26H2/t33?,35-,36+/m1/s1. The molecule has 4 aromatic carbocycles. The summed E-state index contributed by atoms with van der Waals surface area (Å²) in [7, 11) is 0. The average Bonchev–Trinajstić information content (AvgIpc) is 3.06. The Morgan fingerprint density at radius 2 is 1.49 bits per heavy atom. The summed E-state index contributed by atoms with van der Waals surface area (Å²) in [4.78, 5) is 0. The number of benzene rings is 4. The number of hydrogen-bond acceptors (Lipinski definition) is 7. The highest BCUT2D eigenvalue weighted by Gasteiger charge is 2.27. The molecule has 5 rings (SSSR count). The predicted octanol–water partition coefficient (Wildman–Crippen LogP) is 5.36. The molecular weight excluding hydrogens is 542 g/mol. The minimum Gasteiger partial charge on any atom is -0.494 e. The molecule has 7 heteroatoms. The van der Waals surface area contributed by atoms with Crippen molar-refractivity contribution in [2.75, 3.05) is 39.5 Å². The monoisotopic (exact) mass is 585 g/mol. The van der Waals surface area contributed by atoms with Crippen molar-refractivity contribution in [1.82, 2.24) is 5.32 Å². The van der Waals surface area contributed by atoms with Crippen molar-refractivity contribution in [3.05, 3.63) is 113 Å². The van der Waals surface area contributed by atoms with E-state index >= 15 is 0 Å². The van der Waals surface area contributed by atoms with Crippen LogP contribution in [-0.4, -0.2) is 61.9 Å². The zero-order chi connectivity index (χ0) is 29.7. The predicted molar refractivity (Wildman–Crippen MR) is 168 cm³/mol. The number of aliphatic hydroxyl groups is 2. The number of ether oxygens (including phenoxy) is 4. The molecule has 0 aromatic heterocycles. The van der Waals surface area contributed by atoms with Gasteiger partial charge < -0.3 is 34.5 Å². The zero-order valence-corrected chi connectivity index (χ0v) is 24.7. The molecule has 1 heterocycles. The van der Waals surface area contributed by atoms with Crippen molar-refractivity contribution in [2.24, 2.45) is 0 Å². The first-order chi connectivity index (χ1) is 21.2. The largest absolute Gasteiger partial charge is 0.494 e. The van der Waals surface area contributed by atoms with E-state index in [1.165, 1.54) is 11.1 Å². The third-order valence-corrected chi connectivity index (χ3v) is 7.77. The lowest BCUT2D eigenvalue weighted by atomic mass is 9.87. The minimum atomic E-state index is -0.845. The van der Waals surface area contributed by atoms with Crippen LogP contribution in [0.15, 0.2) is 91.0 Å². The smallest absolute Gasteiger partial charge is 0.119 e. The quantitative estimate of drug-likeness (QED) is 0.153. The van der Waals surface area contributed by atoms with Crippen LogP contribution in [0.25, 0.3) is 10.8 Å². The van der Waals surface area contributed by atoms with Crippen LogP contribution in [0.5, 0.6) is 5.75 Å². The molecule has 0 radical (unpaired) electrons. The van der Waals surface area contributed by atoms with E-state index in [2.05, 4.69) is 72.0 Å². The van der Waals surface area contributed by atoms with Gasteiger partial charge in [0.25, 0.3) is 0 Å². The van der Waals surface area contributed by atoms with Gasteiger partial charge in [0.2, 0.25) is 0 Å². The van der Waals surface area contributed by atoms with Gasteiger partial charge in [-0.05, 0) is 70.3 Å². The van der Waals surface area contributed by atoms with E-state index in [0.29, 0.717) is 39.0 Å². The Morgan fingerprint density at radius 1 is 0.767 bits per heavy atom. The average molecular weight is 586 g/mol. The summed E-state index contributed by atoms with van der Waals surface area (Å²) in [5.41, 5.74) is 4.64. The van der Waals surface area contributed by atoms with Crippen LogP contribution >= 0.6 is 0 Å². The van der Waals surface area contributed by atoms with E-state index in [1.807, 2.05) is 24.3 Å². The van der Waals surface area contributed by atoms with E-state index in [-0.39, 0.29) is 19.3 Å². The molecule has 0 saturated carbocycles. The maximum absolute atomic E-state index is 9.45. The number of piperidine rings is 1. The number of hydrogen-bond donors (Lipinski definition) is 3. The summed E-state index contributed by atoms with van der Waals surface area (Å²) in [5.74, 6) is 1.21. The molecule has 7 nitrogen and oxygen atoms in total. The molecule has 0 aliphatic carbocycles. The van der Waals surface area contributed by atoms with Gasteiger partial charge in [0, 0.05) is 18.9 Å². The number of aliphatic hydroxyl groups excluding tert-OH is 2. The third kappa shape index (κ3) is 9.60. The van der Waals surface area contributed by atoms with Gasteiger partial charge in [0.05, 0.1) is 52.4 Å². The summed E-state index contributed by atoms with van der Waals surface area (Å²) < 4.78 is 23.7. The van der Waals surface area contributed by atoms with Gasteiger partial charge in [-0.2, -0.15) is 0 Å². The summed E-state index contributed by atoms with van der Waals surface area (Å²) >= 11 is 0. The molecule has 0 amide bonds. The Balaban J connectivity index is 1.08. The molecule has 43 heavy (non-hydrogen) atoms. The topological polar surface area (TPSA) is 89.4 Å². The van der Waals surface area contributed by atoms with Gasteiger partial charge in [-0.3, -0.25) is 0 Å². The Bertz CT molecular complexity index is 1380. The van der Waals surface area contributed by atoms with E-state index in [1.54, 1.807) is 0 Å². The Labute approximate surface area is 254 Å². The summed E-state index contributed by atoms with van der Waals surface area (Å²) in [6, 6.07) is 31.3. The van der Waals surface area contributed by atoms with Gasteiger partial charge in [-0.15, -0.1) is 0 Å². The first-order valence-electron chi connectivity index (χ1n) is 15.2. The summed E-state index contributed by atoms with van der Waals surface area (Å²) in [6.07, 6.45) is 1.12. The normalized spacial score (nSPS) is 17.6. The lowest BCUT2D eigenvalue weighted by Gasteiger charge is -2.32. The molecule has 4 aromatic rings. The van der Waals surface area contributed by atoms with Crippen molar-refractivity contribution < 1.29 is 29.2 Å². The summed E-state index contributed by atoms with van der Waals surface area (Å²) in [5, 5.41) is 24.2. The van der Waals surface area contributed by atoms with E-state index < -0.39 is 6.10 Å². The lowest BCUT2D eigenvalue weighted by Crippen LogP contribution is -2.40. The number of rotatable bonds is 16. The van der Waals surface area contributed by atoms with Crippen LogP contribution in [0, 0.1) is 0 Å². The highest BCUT2D eigenvalue weighted by Crippen LogP contribution is 2.30. The third-order valence-electron chi connectivity index (χ3n) is 7.77. The van der Waals surface area contributed by atoms with Crippen LogP contribution in [0.2, 0.25) is 0 Å². The molecule has 0 spiro atoms. The Morgan fingerprint density at radius 3 is 2.23 bits per heavy atom. The van der Waals surface area contributed by atoms with Gasteiger partial charge >= 0.3 is 0 Å². The molecule has 1 saturated heterocycles.